The number of rotatable bonds is 7. The predicted octanol–water partition coefficient (Wildman–Crippen LogP) is 4.66. The molecular weight excluding hydrogens is 352 g/mol. The fourth-order valence-electron chi connectivity index (χ4n) is 2.83. The van der Waals surface area contributed by atoms with Gasteiger partial charge >= 0.3 is 0 Å². The molecule has 0 aliphatic carbocycles. The maximum Gasteiger partial charge on any atom is 0.265 e. The first kappa shape index (κ1) is 21.5. The van der Waals surface area contributed by atoms with Crippen LogP contribution < -0.4 is 15.4 Å². The average Bonchev–Trinajstić information content (AvgIpc) is 2.61. The van der Waals surface area contributed by atoms with Gasteiger partial charge in [0.25, 0.3) is 11.8 Å². The zero-order chi connectivity index (χ0) is 20.8. The van der Waals surface area contributed by atoms with Crippen molar-refractivity contribution in [3.63, 3.8) is 0 Å². The topological polar surface area (TPSA) is 67.4 Å². The summed E-state index contributed by atoms with van der Waals surface area (Å²) in [7, 11) is 0. The van der Waals surface area contributed by atoms with E-state index in [4.69, 9.17) is 4.74 Å². The third-order valence-corrected chi connectivity index (χ3v) is 4.31. The Morgan fingerprint density at radius 1 is 0.964 bits per heavy atom. The Kier molecular flexibility index (Phi) is 7.21. The number of hydrogen-bond donors (Lipinski definition) is 2. The van der Waals surface area contributed by atoms with Gasteiger partial charge < -0.3 is 15.4 Å². The number of amides is 2. The molecule has 0 heterocycles. The lowest BCUT2D eigenvalue weighted by atomic mass is 10.0. The largest absolute Gasteiger partial charge is 0.481 e. The number of para-hydroxylation sites is 1. The van der Waals surface area contributed by atoms with Crippen molar-refractivity contribution in [1.29, 1.82) is 0 Å². The molecule has 2 rings (SSSR count). The van der Waals surface area contributed by atoms with Crippen LogP contribution in [0, 0.1) is 6.92 Å². The van der Waals surface area contributed by atoms with E-state index in [1.807, 2.05) is 39.0 Å². The molecule has 0 saturated heterocycles. The summed E-state index contributed by atoms with van der Waals surface area (Å²) in [6.45, 7) is 11.7. The predicted molar refractivity (Wildman–Crippen MR) is 113 cm³/mol. The molecule has 0 fully saturated rings. The second kappa shape index (κ2) is 9.40. The number of ether oxygens (including phenoxy) is 1. The molecule has 150 valence electrons. The molecule has 0 saturated carbocycles. The highest BCUT2D eigenvalue weighted by Gasteiger charge is 2.20. The molecular formula is C23H30N2O3. The van der Waals surface area contributed by atoms with Crippen LogP contribution in [0.25, 0.3) is 0 Å². The van der Waals surface area contributed by atoms with Crippen molar-refractivity contribution in [3.05, 3.63) is 59.2 Å². The Labute approximate surface area is 167 Å². The van der Waals surface area contributed by atoms with Crippen molar-refractivity contribution in [1.82, 2.24) is 5.32 Å². The van der Waals surface area contributed by atoms with Crippen LogP contribution in [0.3, 0.4) is 0 Å². The number of carbonyl (C=O) groups is 2. The first-order valence-electron chi connectivity index (χ1n) is 9.67. The summed E-state index contributed by atoms with van der Waals surface area (Å²) in [5.74, 6) is 0.469. The summed E-state index contributed by atoms with van der Waals surface area (Å²) < 4.78 is 5.97. The van der Waals surface area contributed by atoms with Gasteiger partial charge in [0.15, 0.2) is 6.10 Å². The van der Waals surface area contributed by atoms with Crippen molar-refractivity contribution in [2.75, 3.05) is 5.32 Å². The Morgan fingerprint density at radius 3 is 2.29 bits per heavy atom. The first-order valence-corrected chi connectivity index (χ1v) is 9.67. The number of hydrogen-bond acceptors (Lipinski definition) is 3. The lowest BCUT2D eigenvalue weighted by molar-refractivity contribution is -0.122. The van der Waals surface area contributed by atoms with Gasteiger partial charge in [-0.05, 0) is 62.9 Å². The van der Waals surface area contributed by atoms with Gasteiger partial charge in [0.2, 0.25) is 0 Å². The summed E-state index contributed by atoms with van der Waals surface area (Å²) in [5.41, 5.74) is 3.02. The quantitative estimate of drug-likeness (QED) is 0.732. The molecule has 2 aromatic carbocycles. The van der Waals surface area contributed by atoms with Gasteiger partial charge in [0.1, 0.15) is 5.75 Å². The fraction of sp³-hybridized carbons (Fsp3) is 0.391. The van der Waals surface area contributed by atoms with Crippen LogP contribution in [0.4, 0.5) is 5.69 Å². The normalized spacial score (nSPS) is 12.0. The molecule has 2 aromatic rings. The van der Waals surface area contributed by atoms with Gasteiger partial charge in [-0.15, -0.1) is 0 Å². The maximum atomic E-state index is 12.7. The summed E-state index contributed by atoms with van der Waals surface area (Å²) in [6.07, 6.45) is -0.708. The van der Waals surface area contributed by atoms with Crippen LogP contribution in [-0.2, 0) is 4.79 Å². The van der Waals surface area contributed by atoms with E-state index in [1.54, 1.807) is 31.2 Å². The second-order valence-electron chi connectivity index (χ2n) is 7.62. The molecule has 0 radical (unpaired) electrons. The average molecular weight is 383 g/mol. The molecule has 0 bridgehead atoms. The molecule has 2 amide bonds. The summed E-state index contributed by atoms with van der Waals surface area (Å²) in [5, 5.41) is 5.67. The Balaban J connectivity index is 2.16. The SMILES string of the molecule is Cc1ccc(C(C)C)c(OC(C)C(=O)Nc2ccccc2C(=O)NC(C)C)c1. The standard InChI is InChI=1S/C23H30N2O3/c1-14(2)18-12-11-16(5)13-21(18)28-17(6)22(26)25-20-10-8-7-9-19(20)23(27)24-15(3)4/h7-15,17H,1-6H3,(H,24,27)(H,25,26). The van der Waals surface area contributed by atoms with Crippen LogP contribution in [0.1, 0.15) is 62.0 Å². The first-order chi connectivity index (χ1) is 13.2. The van der Waals surface area contributed by atoms with Crippen molar-refractivity contribution in [3.8, 4) is 5.75 Å². The fourth-order valence-corrected chi connectivity index (χ4v) is 2.83. The van der Waals surface area contributed by atoms with Crippen molar-refractivity contribution in [2.45, 2.75) is 59.6 Å². The zero-order valence-electron chi connectivity index (χ0n) is 17.5. The molecule has 1 unspecified atom stereocenters. The number of carbonyl (C=O) groups excluding carboxylic acids is 2. The van der Waals surface area contributed by atoms with Crippen molar-refractivity contribution >= 4 is 17.5 Å². The third-order valence-electron chi connectivity index (χ3n) is 4.31. The number of anilines is 1. The Morgan fingerprint density at radius 2 is 1.64 bits per heavy atom. The van der Waals surface area contributed by atoms with Gasteiger partial charge in [-0.25, -0.2) is 0 Å². The molecule has 2 N–H and O–H groups in total. The minimum Gasteiger partial charge on any atom is -0.481 e. The van der Waals surface area contributed by atoms with Gasteiger partial charge in [0.05, 0.1) is 11.3 Å². The van der Waals surface area contributed by atoms with E-state index in [-0.39, 0.29) is 23.8 Å². The molecule has 5 heteroatoms. The zero-order valence-corrected chi connectivity index (χ0v) is 17.5. The smallest absolute Gasteiger partial charge is 0.265 e. The van der Waals surface area contributed by atoms with Gasteiger partial charge in [-0.1, -0.05) is 38.1 Å². The van der Waals surface area contributed by atoms with E-state index in [1.165, 1.54) is 0 Å². The Hall–Kier alpha value is -2.82. The van der Waals surface area contributed by atoms with Crippen molar-refractivity contribution < 1.29 is 14.3 Å². The lowest BCUT2D eigenvalue weighted by Crippen LogP contribution is -2.33. The molecule has 0 aliphatic heterocycles. The maximum absolute atomic E-state index is 12.7. The molecule has 0 spiro atoms. The van der Waals surface area contributed by atoms with E-state index in [2.05, 4.69) is 24.5 Å². The number of nitrogens with one attached hydrogen (secondary N) is 2. The molecule has 0 aliphatic rings. The van der Waals surface area contributed by atoms with Crippen LogP contribution >= 0.6 is 0 Å². The second-order valence-corrected chi connectivity index (χ2v) is 7.62. The molecule has 5 nitrogen and oxygen atoms in total. The Bertz CT molecular complexity index is 843. The summed E-state index contributed by atoms with van der Waals surface area (Å²) in [6, 6.07) is 13.0. The third kappa shape index (κ3) is 5.59. The lowest BCUT2D eigenvalue weighted by Gasteiger charge is -2.20. The highest BCUT2D eigenvalue weighted by Crippen LogP contribution is 2.28. The monoisotopic (exact) mass is 382 g/mol. The van der Waals surface area contributed by atoms with E-state index in [0.717, 1.165) is 11.1 Å². The van der Waals surface area contributed by atoms with E-state index in [0.29, 0.717) is 17.0 Å². The summed E-state index contributed by atoms with van der Waals surface area (Å²) >= 11 is 0. The number of aryl methyl sites for hydroxylation is 1. The van der Waals surface area contributed by atoms with Crippen LogP contribution in [0.5, 0.6) is 5.75 Å². The minimum atomic E-state index is -0.708. The molecule has 1 atom stereocenters. The highest BCUT2D eigenvalue weighted by atomic mass is 16.5. The minimum absolute atomic E-state index is 0.00860. The molecule has 28 heavy (non-hydrogen) atoms. The van der Waals surface area contributed by atoms with Gasteiger partial charge in [0, 0.05) is 6.04 Å². The number of benzene rings is 2. The van der Waals surface area contributed by atoms with Crippen molar-refractivity contribution in [2.24, 2.45) is 0 Å². The molecule has 0 aromatic heterocycles. The van der Waals surface area contributed by atoms with Crippen LogP contribution in [0.15, 0.2) is 42.5 Å². The van der Waals surface area contributed by atoms with E-state index in [9.17, 15) is 9.59 Å². The van der Waals surface area contributed by atoms with E-state index < -0.39 is 6.10 Å². The summed E-state index contributed by atoms with van der Waals surface area (Å²) in [4.78, 5) is 25.1. The van der Waals surface area contributed by atoms with Crippen LogP contribution in [-0.4, -0.2) is 24.0 Å². The van der Waals surface area contributed by atoms with Gasteiger partial charge in [-0.2, -0.15) is 0 Å². The van der Waals surface area contributed by atoms with Gasteiger partial charge in [-0.3, -0.25) is 9.59 Å². The van der Waals surface area contributed by atoms with Crippen LogP contribution in [0.2, 0.25) is 0 Å². The van der Waals surface area contributed by atoms with E-state index >= 15 is 0 Å². The highest BCUT2D eigenvalue weighted by molar-refractivity contribution is 6.04.